The lowest BCUT2D eigenvalue weighted by molar-refractivity contribution is 0.459. The third-order valence-electron chi connectivity index (χ3n) is 3.27. The topological polar surface area (TPSA) is 85.3 Å². The summed E-state index contributed by atoms with van der Waals surface area (Å²) in [5, 5.41) is 0. The molecule has 1 aromatic heterocycles. The fourth-order valence-electron chi connectivity index (χ4n) is 2.23. The van der Waals surface area contributed by atoms with Crippen molar-refractivity contribution in [1.82, 2.24) is 4.72 Å². The van der Waals surface area contributed by atoms with Crippen molar-refractivity contribution in [3.05, 3.63) is 47.2 Å². The van der Waals surface area contributed by atoms with E-state index in [1.54, 1.807) is 19.1 Å². The molecule has 0 radical (unpaired) electrons. The highest BCUT2D eigenvalue weighted by molar-refractivity contribution is 7.89. The minimum Gasteiger partial charge on any atom is -0.468 e. The summed E-state index contributed by atoms with van der Waals surface area (Å²) in [6, 6.07) is 3.92. The van der Waals surface area contributed by atoms with Crippen LogP contribution in [0, 0.1) is 19.7 Å². The van der Waals surface area contributed by atoms with E-state index in [1.165, 1.54) is 20.1 Å². The van der Waals surface area contributed by atoms with E-state index < -0.39 is 21.9 Å². The molecule has 0 spiro atoms. The predicted molar refractivity (Wildman–Crippen MR) is 77.7 cm³/mol. The van der Waals surface area contributed by atoms with Crippen molar-refractivity contribution in [1.29, 1.82) is 0 Å². The third-order valence-corrected chi connectivity index (χ3v) is 5.10. The number of benzene rings is 1. The van der Waals surface area contributed by atoms with Gasteiger partial charge in [-0.15, -0.1) is 0 Å². The number of nitrogens with one attached hydrogen (secondary N) is 1. The molecular weight excluding hydrogens is 295 g/mol. The molecule has 5 nitrogen and oxygen atoms in total. The van der Waals surface area contributed by atoms with Crippen LogP contribution in [0.15, 0.2) is 33.8 Å². The Morgan fingerprint density at radius 2 is 2.05 bits per heavy atom. The Balaban J connectivity index is 2.43. The van der Waals surface area contributed by atoms with E-state index in [1.807, 2.05) is 0 Å². The molecule has 7 heteroatoms. The van der Waals surface area contributed by atoms with Crippen LogP contribution in [0.25, 0.3) is 0 Å². The summed E-state index contributed by atoms with van der Waals surface area (Å²) in [6.45, 7) is 4.67. The van der Waals surface area contributed by atoms with Gasteiger partial charge in [0.1, 0.15) is 11.6 Å². The molecular formula is C14H17FN2O3S. The van der Waals surface area contributed by atoms with Gasteiger partial charge in [0.2, 0.25) is 10.0 Å². The molecule has 1 aromatic carbocycles. The number of sulfonamides is 1. The maximum atomic E-state index is 13.5. The first-order valence-corrected chi connectivity index (χ1v) is 7.83. The summed E-state index contributed by atoms with van der Waals surface area (Å²) in [4.78, 5) is -0.000180. The molecule has 0 bridgehead atoms. The molecule has 1 atom stereocenters. The average Bonchev–Trinajstić information content (AvgIpc) is 2.89. The first kappa shape index (κ1) is 15.5. The van der Waals surface area contributed by atoms with Crippen LogP contribution in [0.4, 0.5) is 10.1 Å². The molecule has 2 aromatic rings. The average molecular weight is 312 g/mol. The summed E-state index contributed by atoms with van der Waals surface area (Å²) in [5.74, 6) is -0.132. The third kappa shape index (κ3) is 2.93. The standard InChI is InChI=1S/C14H17FN2O3S/c1-8-7-11(15)13(16)9(2)14(8)21(18,19)17-10(3)12-5-4-6-20-12/h4-7,10,17H,16H2,1-3H3. The van der Waals surface area contributed by atoms with Gasteiger partial charge in [0.15, 0.2) is 0 Å². The van der Waals surface area contributed by atoms with Crippen LogP contribution in [0.2, 0.25) is 0 Å². The molecule has 3 N–H and O–H groups in total. The molecule has 21 heavy (non-hydrogen) atoms. The zero-order valence-electron chi connectivity index (χ0n) is 12.0. The van der Waals surface area contributed by atoms with Gasteiger partial charge < -0.3 is 10.2 Å². The smallest absolute Gasteiger partial charge is 0.241 e. The second-order valence-electron chi connectivity index (χ2n) is 4.90. The van der Waals surface area contributed by atoms with Gasteiger partial charge in [0.05, 0.1) is 22.9 Å². The molecule has 0 saturated heterocycles. The van der Waals surface area contributed by atoms with E-state index in [-0.39, 0.29) is 16.1 Å². The van der Waals surface area contributed by atoms with Crippen molar-refractivity contribution in [3.63, 3.8) is 0 Å². The highest BCUT2D eigenvalue weighted by Gasteiger charge is 2.25. The van der Waals surface area contributed by atoms with Crippen LogP contribution in [-0.2, 0) is 10.0 Å². The zero-order valence-corrected chi connectivity index (χ0v) is 12.8. The van der Waals surface area contributed by atoms with Crippen molar-refractivity contribution >= 4 is 15.7 Å². The van der Waals surface area contributed by atoms with E-state index >= 15 is 0 Å². The number of nitrogens with two attached hydrogens (primary N) is 1. The summed E-state index contributed by atoms with van der Waals surface area (Å²) in [5.41, 5.74) is 5.93. The number of hydrogen-bond acceptors (Lipinski definition) is 4. The van der Waals surface area contributed by atoms with Crippen LogP contribution in [0.5, 0.6) is 0 Å². The zero-order chi connectivity index (χ0) is 15.8. The highest BCUT2D eigenvalue weighted by atomic mass is 32.2. The second kappa shape index (κ2) is 5.50. The van der Waals surface area contributed by atoms with Gasteiger partial charge in [0.25, 0.3) is 0 Å². The number of nitrogen functional groups attached to an aromatic ring is 1. The van der Waals surface area contributed by atoms with Crippen LogP contribution >= 0.6 is 0 Å². The fraction of sp³-hybridized carbons (Fsp3) is 0.286. The van der Waals surface area contributed by atoms with Crippen molar-refractivity contribution in [2.45, 2.75) is 31.7 Å². The number of hydrogen-bond donors (Lipinski definition) is 2. The summed E-state index contributed by atoms with van der Waals surface area (Å²) >= 11 is 0. The van der Waals surface area contributed by atoms with Gasteiger partial charge in [-0.2, -0.15) is 0 Å². The van der Waals surface area contributed by atoms with Crippen LogP contribution < -0.4 is 10.5 Å². The Bertz CT molecular complexity index is 755. The lowest BCUT2D eigenvalue weighted by atomic mass is 10.1. The van der Waals surface area contributed by atoms with E-state index in [4.69, 9.17) is 10.2 Å². The summed E-state index contributed by atoms with van der Waals surface area (Å²) in [7, 11) is -3.84. The number of furan rings is 1. The SMILES string of the molecule is Cc1cc(F)c(N)c(C)c1S(=O)(=O)NC(C)c1ccco1. The lowest BCUT2D eigenvalue weighted by Gasteiger charge is -2.17. The van der Waals surface area contributed by atoms with Crippen LogP contribution in [0.1, 0.15) is 29.9 Å². The normalized spacial score (nSPS) is 13.3. The molecule has 0 fully saturated rings. The van der Waals surface area contributed by atoms with E-state index in [0.29, 0.717) is 11.3 Å². The molecule has 0 saturated carbocycles. The number of rotatable bonds is 4. The Morgan fingerprint density at radius 1 is 1.38 bits per heavy atom. The highest BCUT2D eigenvalue weighted by Crippen LogP contribution is 2.28. The molecule has 2 rings (SSSR count). The molecule has 0 amide bonds. The molecule has 114 valence electrons. The Morgan fingerprint density at radius 3 is 2.62 bits per heavy atom. The van der Waals surface area contributed by atoms with Crippen molar-refractivity contribution in [3.8, 4) is 0 Å². The largest absolute Gasteiger partial charge is 0.468 e. The van der Waals surface area contributed by atoms with Gasteiger partial charge in [0, 0.05) is 0 Å². The quantitative estimate of drug-likeness (QED) is 0.850. The molecule has 0 aliphatic heterocycles. The van der Waals surface area contributed by atoms with Gasteiger partial charge in [-0.05, 0) is 50.1 Å². The number of halogens is 1. The predicted octanol–water partition coefficient (Wildman–Crippen LogP) is 2.66. The lowest BCUT2D eigenvalue weighted by Crippen LogP contribution is -2.28. The molecule has 1 unspecified atom stereocenters. The minimum atomic E-state index is -3.84. The van der Waals surface area contributed by atoms with Gasteiger partial charge in [-0.3, -0.25) is 0 Å². The van der Waals surface area contributed by atoms with E-state index in [9.17, 15) is 12.8 Å². The maximum Gasteiger partial charge on any atom is 0.241 e. The monoisotopic (exact) mass is 312 g/mol. The van der Waals surface area contributed by atoms with E-state index in [2.05, 4.69) is 4.72 Å². The van der Waals surface area contributed by atoms with Crippen LogP contribution in [-0.4, -0.2) is 8.42 Å². The van der Waals surface area contributed by atoms with Gasteiger partial charge >= 0.3 is 0 Å². The van der Waals surface area contributed by atoms with Gasteiger partial charge in [-0.25, -0.2) is 17.5 Å². The first-order valence-electron chi connectivity index (χ1n) is 6.35. The minimum absolute atomic E-state index is 0.000180. The van der Waals surface area contributed by atoms with Crippen molar-refractivity contribution in [2.75, 3.05) is 5.73 Å². The van der Waals surface area contributed by atoms with Crippen LogP contribution in [0.3, 0.4) is 0 Å². The second-order valence-corrected chi connectivity index (χ2v) is 6.55. The maximum absolute atomic E-state index is 13.5. The fourth-order valence-corrected chi connectivity index (χ4v) is 3.93. The summed E-state index contributed by atoms with van der Waals surface area (Å²) < 4.78 is 46.2. The van der Waals surface area contributed by atoms with Crippen molar-refractivity contribution < 1.29 is 17.2 Å². The summed E-state index contributed by atoms with van der Waals surface area (Å²) in [6.07, 6.45) is 1.46. The van der Waals surface area contributed by atoms with Crippen molar-refractivity contribution in [2.24, 2.45) is 0 Å². The van der Waals surface area contributed by atoms with E-state index in [0.717, 1.165) is 6.07 Å². The molecule has 1 heterocycles. The number of anilines is 1. The Hall–Kier alpha value is -1.86. The first-order chi connectivity index (χ1) is 9.74. The Labute approximate surface area is 123 Å². The Kier molecular flexibility index (Phi) is 4.06. The molecule has 0 aliphatic carbocycles. The number of aryl methyl sites for hydroxylation is 1. The van der Waals surface area contributed by atoms with Gasteiger partial charge in [-0.1, -0.05) is 0 Å². The molecule has 0 aliphatic rings.